The number of anilines is 1. The van der Waals surface area contributed by atoms with Crippen molar-refractivity contribution in [2.24, 2.45) is 5.41 Å². The van der Waals surface area contributed by atoms with Gasteiger partial charge < -0.3 is 14.5 Å². The van der Waals surface area contributed by atoms with Gasteiger partial charge in [-0.25, -0.2) is 0 Å². The fourth-order valence-corrected chi connectivity index (χ4v) is 4.24. The number of carbonyl (C=O) groups is 1. The summed E-state index contributed by atoms with van der Waals surface area (Å²) in [5.41, 5.74) is 3.91. The zero-order valence-electron chi connectivity index (χ0n) is 17.1. The van der Waals surface area contributed by atoms with E-state index in [1.807, 2.05) is 11.0 Å². The summed E-state index contributed by atoms with van der Waals surface area (Å²) < 4.78 is 5.76. The lowest BCUT2D eigenvalue weighted by molar-refractivity contribution is -0.134. The first-order valence-corrected chi connectivity index (χ1v) is 10.1. The Balaban J connectivity index is 1.44. The van der Waals surface area contributed by atoms with Gasteiger partial charge in [0.2, 0.25) is 5.91 Å². The van der Waals surface area contributed by atoms with Crippen LogP contribution in [-0.4, -0.2) is 43.7 Å². The maximum absolute atomic E-state index is 12.6. The fraction of sp³-hybridized carbons (Fsp3) is 0.458. The van der Waals surface area contributed by atoms with E-state index in [1.54, 1.807) is 0 Å². The van der Waals surface area contributed by atoms with E-state index in [-0.39, 0.29) is 23.3 Å². The van der Waals surface area contributed by atoms with Gasteiger partial charge in [0.1, 0.15) is 6.61 Å². The van der Waals surface area contributed by atoms with Crippen molar-refractivity contribution in [2.75, 3.05) is 37.7 Å². The van der Waals surface area contributed by atoms with Gasteiger partial charge >= 0.3 is 0 Å². The molecule has 0 radical (unpaired) electrons. The second kappa shape index (κ2) is 7.25. The lowest BCUT2D eigenvalue weighted by atomic mass is 9.79. The Bertz CT molecular complexity index is 818. The largest absolute Gasteiger partial charge is 0.371 e. The summed E-state index contributed by atoms with van der Waals surface area (Å²) in [7, 11) is 0. The van der Waals surface area contributed by atoms with Crippen molar-refractivity contribution in [3.05, 3.63) is 65.7 Å². The third-order valence-electron chi connectivity index (χ3n) is 5.88. The summed E-state index contributed by atoms with van der Waals surface area (Å²) in [6, 6.07) is 19.1. The van der Waals surface area contributed by atoms with Crippen LogP contribution in [0.3, 0.4) is 0 Å². The maximum Gasteiger partial charge on any atom is 0.248 e. The first kappa shape index (κ1) is 19.0. The molecule has 0 N–H and O–H groups in total. The van der Waals surface area contributed by atoms with Crippen LogP contribution in [0.1, 0.15) is 31.9 Å². The van der Waals surface area contributed by atoms with Crippen molar-refractivity contribution in [1.82, 2.24) is 4.90 Å². The van der Waals surface area contributed by atoms with Gasteiger partial charge in [-0.1, -0.05) is 63.2 Å². The van der Waals surface area contributed by atoms with Crippen LogP contribution in [0.25, 0.3) is 0 Å². The second-order valence-electron chi connectivity index (χ2n) is 9.38. The average molecular weight is 379 g/mol. The van der Waals surface area contributed by atoms with Gasteiger partial charge in [-0.2, -0.15) is 0 Å². The van der Waals surface area contributed by atoms with Crippen molar-refractivity contribution in [3.63, 3.8) is 0 Å². The summed E-state index contributed by atoms with van der Waals surface area (Å²) in [6.45, 7) is 10.8. The minimum absolute atomic E-state index is 0.0351. The van der Waals surface area contributed by atoms with Crippen LogP contribution >= 0.6 is 0 Å². The van der Waals surface area contributed by atoms with Crippen LogP contribution < -0.4 is 4.90 Å². The number of rotatable bonds is 3. The molecule has 0 saturated carbocycles. The Morgan fingerprint density at radius 1 is 0.964 bits per heavy atom. The summed E-state index contributed by atoms with van der Waals surface area (Å²) in [4.78, 5) is 17.0. The van der Waals surface area contributed by atoms with Crippen LogP contribution in [0.4, 0.5) is 5.69 Å². The first-order valence-electron chi connectivity index (χ1n) is 10.1. The number of carbonyl (C=O) groups excluding carboxylic acids is 1. The van der Waals surface area contributed by atoms with Crippen molar-refractivity contribution in [3.8, 4) is 0 Å². The zero-order chi connectivity index (χ0) is 19.8. The molecule has 0 unspecified atom stereocenters. The molecule has 1 amide bonds. The van der Waals surface area contributed by atoms with E-state index in [0.717, 1.165) is 19.6 Å². The highest BCUT2D eigenvalue weighted by Crippen LogP contribution is 2.37. The second-order valence-corrected chi connectivity index (χ2v) is 9.38. The van der Waals surface area contributed by atoms with E-state index in [1.165, 1.54) is 16.8 Å². The molecule has 4 nitrogen and oxygen atoms in total. The molecule has 2 aromatic rings. The average Bonchev–Trinajstić information content (AvgIpc) is 2.80. The molecule has 4 heteroatoms. The third kappa shape index (κ3) is 3.93. The standard InChI is InChI=1S/C24H30N2O2/c1-23(2,3)20-11-9-19(10-12-20)13-25-15-24(18-28-14-22(25)27)16-26(17-24)21-7-5-4-6-8-21/h4-12H,13-18H2,1-3H3. The summed E-state index contributed by atoms with van der Waals surface area (Å²) in [5, 5.41) is 0. The number of hydrogen-bond donors (Lipinski definition) is 0. The Labute approximate surface area is 168 Å². The Morgan fingerprint density at radius 2 is 1.64 bits per heavy atom. The molecule has 28 heavy (non-hydrogen) atoms. The lowest BCUT2D eigenvalue weighted by Crippen LogP contribution is -2.62. The molecule has 2 aliphatic heterocycles. The van der Waals surface area contributed by atoms with Gasteiger partial charge in [0.15, 0.2) is 0 Å². The maximum atomic E-state index is 12.6. The van der Waals surface area contributed by atoms with Crippen molar-refractivity contribution >= 4 is 11.6 Å². The van der Waals surface area contributed by atoms with E-state index >= 15 is 0 Å². The highest BCUT2D eigenvalue weighted by molar-refractivity contribution is 5.78. The van der Waals surface area contributed by atoms with Crippen molar-refractivity contribution in [1.29, 1.82) is 0 Å². The first-order chi connectivity index (χ1) is 13.3. The summed E-state index contributed by atoms with van der Waals surface area (Å²) in [6.07, 6.45) is 0. The fourth-order valence-electron chi connectivity index (χ4n) is 4.24. The molecular weight excluding hydrogens is 348 g/mol. The van der Waals surface area contributed by atoms with Gasteiger partial charge in [-0.3, -0.25) is 4.79 Å². The number of benzene rings is 2. The van der Waals surface area contributed by atoms with E-state index in [0.29, 0.717) is 13.2 Å². The summed E-state index contributed by atoms with van der Waals surface area (Å²) >= 11 is 0. The molecule has 0 bridgehead atoms. The molecule has 2 fully saturated rings. The molecule has 2 aliphatic rings. The van der Waals surface area contributed by atoms with Crippen molar-refractivity contribution < 1.29 is 9.53 Å². The number of para-hydroxylation sites is 1. The predicted molar refractivity (Wildman–Crippen MR) is 112 cm³/mol. The predicted octanol–water partition coefficient (Wildman–Crippen LogP) is 3.85. The van der Waals surface area contributed by atoms with Crippen LogP contribution in [0.5, 0.6) is 0 Å². The monoisotopic (exact) mass is 378 g/mol. The number of nitrogens with zero attached hydrogens (tertiary/aromatic N) is 2. The van der Waals surface area contributed by atoms with Crippen LogP contribution in [-0.2, 0) is 21.5 Å². The molecule has 148 valence electrons. The Morgan fingerprint density at radius 3 is 2.29 bits per heavy atom. The number of amides is 1. The highest BCUT2D eigenvalue weighted by Gasteiger charge is 2.46. The van der Waals surface area contributed by atoms with Gasteiger partial charge in [0.05, 0.1) is 6.61 Å². The molecule has 0 aliphatic carbocycles. The smallest absolute Gasteiger partial charge is 0.248 e. The topological polar surface area (TPSA) is 32.8 Å². The minimum Gasteiger partial charge on any atom is -0.371 e. The number of ether oxygens (including phenoxy) is 1. The van der Waals surface area contributed by atoms with Gasteiger partial charge in [0, 0.05) is 37.3 Å². The van der Waals surface area contributed by atoms with E-state index < -0.39 is 0 Å². The molecule has 4 rings (SSSR count). The highest BCUT2D eigenvalue weighted by atomic mass is 16.5. The summed E-state index contributed by atoms with van der Waals surface area (Å²) in [5.74, 6) is 0.0925. The minimum atomic E-state index is 0.0351. The molecule has 0 atom stereocenters. The van der Waals surface area contributed by atoms with Gasteiger partial charge in [-0.15, -0.1) is 0 Å². The van der Waals surface area contributed by atoms with E-state index in [2.05, 4.69) is 74.2 Å². The SMILES string of the molecule is CC(C)(C)c1ccc(CN2CC3(COCC2=O)CN(c2ccccc2)C3)cc1. The quantitative estimate of drug-likeness (QED) is 0.813. The molecular formula is C24H30N2O2. The van der Waals surface area contributed by atoms with Crippen LogP contribution in [0.15, 0.2) is 54.6 Å². The van der Waals surface area contributed by atoms with Crippen LogP contribution in [0.2, 0.25) is 0 Å². The number of hydrogen-bond acceptors (Lipinski definition) is 3. The molecule has 2 aromatic carbocycles. The Kier molecular flexibility index (Phi) is 4.92. The lowest BCUT2D eigenvalue weighted by Gasteiger charge is -2.51. The normalized spacial score (nSPS) is 19.5. The molecule has 2 heterocycles. The molecule has 0 aromatic heterocycles. The third-order valence-corrected chi connectivity index (χ3v) is 5.88. The Hall–Kier alpha value is -2.33. The van der Waals surface area contributed by atoms with E-state index in [4.69, 9.17) is 4.74 Å². The van der Waals surface area contributed by atoms with E-state index in [9.17, 15) is 4.79 Å². The molecule has 2 saturated heterocycles. The van der Waals surface area contributed by atoms with Crippen LogP contribution in [0, 0.1) is 5.41 Å². The molecule has 1 spiro atoms. The zero-order valence-corrected chi connectivity index (χ0v) is 17.1. The van der Waals surface area contributed by atoms with Crippen molar-refractivity contribution in [2.45, 2.75) is 32.7 Å². The van der Waals surface area contributed by atoms with Gasteiger partial charge in [-0.05, 0) is 28.7 Å². The van der Waals surface area contributed by atoms with Gasteiger partial charge in [0.25, 0.3) is 0 Å².